The Labute approximate surface area is 159 Å². The van der Waals surface area contributed by atoms with Crippen molar-refractivity contribution in [3.8, 4) is 11.5 Å². The van der Waals surface area contributed by atoms with Crippen LogP contribution in [0, 0.1) is 5.41 Å². The fraction of sp³-hybridized carbons (Fsp3) is 0.304. The average Bonchev–Trinajstić information content (AvgIpc) is 2.60. The topological polar surface area (TPSA) is 55.4 Å². The summed E-state index contributed by atoms with van der Waals surface area (Å²) in [5.41, 5.74) is 2.39. The normalized spacial score (nSPS) is 21.5. The van der Waals surface area contributed by atoms with E-state index in [1.807, 2.05) is 54.6 Å². The third-order valence-corrected chi connectivity index (χ3v) is 5.19. The van der Waals surface area contributed by atoms with Crippen molar-refractivity contribution in [2.45, 2.75) is 39.0 Å². The third-order valence-electron chi connectivity index (χ3n) is 5.19. The Morgan fingerprint density at radius 3 is 2.48 bits per heavy atom. The summed E-state index contributed by atoms with van der Waals surface area (Å²) in [6, 6.07) is 17.3. The molecule has 2 aliphatic rings. The smallest absolute Gasteiger partial charge is 0.225 e. The fourth-order valence-corrected chi connectivity index (χ4v) is 4.06. The van der Waals surface area contributed by atoms with E-state index in [0.29, 0.717) is 18.6 Å². The van der Waals surface area contributed by atoms with E-state index in [1.165, 1.54) is 0 Å². The molecule has 27 heavy (non-hydrogen) atoms. The molecule has 1 aliphatic carbocycles. The summed E-state index contributed by atoms with van der Waals surface area (Å²) in [4.78, 5) is 25.2. The number of rotatable bonds is 3. The van der Waals surface area contributed by atoms with Gasteiger partial charge in [-0.25, -0.2) is 0 Å². The second-order valence-corrected chi connectivity index (χ2v) is 8.13. The van der Waals surface area contributed by atoms with E-state index in [4.69, 9.17) is 4.74 Å². The summed E-state index contributed by atoms with van der Waals surface area (Å²) in [5.74, 6) is 1.36. The zero-order chi connectivity index (χ0) is 19.0. The van der Waals surface area contributed by atoms with Gasteiger partial charge in [0.25, 0.3) is 0 Å². The molecule has 1 amide bonds. The molecule has 0 saturated carbocycles. The van der Waals surface area contributed by atoms with Crippen molar-refractivity contribution in [2.24, 2.45) is 5.41 Å². The second-order valence-electron chi connectivity index (χ2n) is 8.13. The van der Waals surface area contributed by atoms with Gasteiger partial charge in [-0.2, -0.15) is 0 Å². The van der Waals surface area contributed by atoms with Crippen LogP contribution in [0.4, 0.5) is 0 Å². The van der Waals surface area contributed by atoms with Crippen LogP contribution in [0.2, 0.25) is 0 Å². The first kappa shape index (κ1) is 17.5. The minimum atomic E-state index is -0.211. The number of amides is 1. The quantitative estimate of drug-likeness (QED) is 0.860. The van der Waals surface area contributed by atoms with E-state index >= 15 is 0 Å². The second kappa shape index (κ2) is 6.69. The molecule has 1 aliphatic heterocycles. The van der Waals surface area contributed by atoms with Crippen LogP contribution >= 0.6 is 0 Å². The number of Topliss-reactive ketones (excluding diaryl/α,β-unsaturated/α-hetero) is 1. The maximum absolute atomic E-state index is 12.9. The van der Waals surface area contributed by atoms with Gasteiger partial charge >= 0.3 is 0 Å². The van der Waals surface area contributed by atoms with Crippen LogP contribution < -0.4 is 10.1 Å². The van der Waals surface area contributed by atoms with Gasteiger partial charge in [0.1, 0.15) is 11.5 Å². The molecule has 1 heterocycles. The highest BCUT2D eigenvalue weighted by molar-refractivity contribution is 6.02. The van der Waals surface area contributed by atoms with E-state index in [9.17, 15) is 9.59 Å². The maximum Gasteiger partial charge on any atom is 0.225 e. The predicted octanol–water partition coefficient (Wildman–Crippen LogP) is 4.73. The van der Waals surface area contributed by atoms with Gasteiger partial charge in [-0.15, -0.1) is 0 Å². The lowest BCUT2D eigenvalue weighted by Gasteiger charge is -2.37. The Bertz CT molecular complexity index is 928. The Hall–Kier alpha value is -2.88. The monoisotopic (exact) mass is 361 g/mol. The highest BCUT2D eigenvalue weighted by Gasteiger charge is 2.40. The molecule has 2 aromatic rings. The molecule has 1 N–H and O–H groups in total. The van der Waals surface area contributed by atoms with Crippen molar-refractivity contribution >= 4 is 11.7 Å². The predicted molar refractivity (Wildman–Crippen MR) is 104 cm³/mol. The number of carbonyl (C=O) groups is 2. The van der Waals surface area contributed by atoms with E-state index in [-0.39, 0.29) is 23.0 Å². The number of hydrogen-bond acceptors (Lipinski definition) is 3. The number of hydrogen-bond donors (Lipinski definition) is 1. The zero-order valence-corrected chi connectivity index (χ0v) is 15.6. The van der Waals surface area contributed by atoms with Crippen LogP contribution in [0.5, 0.6) is 11.5 Å². The summed E-state index contributed by atoms with van der Waals surface area (Å²) in [6.45, 7) is 4.14. The lowest BCUT2D eigenvalue weighted by molar-refractivity contribution is -0.122. The lowest BCUT2D eigenvalue weighted by Crippen LogP contribution is -2.40. The van der Waals surface area contributed by atoms with Gasteiger partial charge in [0.05, 0.1) is 0 Å². The van der Waals surface area contributed by atoms with Crippen molar-refractivity contribution < 1.29 is 14.3 Å². The number of ether oxygens (including phenoxy) is 1. The lowest BCUT2D eigenvalue weighted by atomic mass is 9.70. The van der Waals surface area contributed by atoms with Crippen molar-refractivity contribution in [1.82, 2.24) is 5.32 Å². The van der Waals surface area contributed by atoms with Crippen LogP contribution in [-0.2, 0) is 9.59 Å². The highest BCUT2D eigenvalue weighted by atomic mass is 16.5. The van der Waals surface area contributed by atoms with Crippen LogP contribution in [0.25, 0.3) is 0 Å². The van der Waals surface area contributed by atoms with Crippen molar-refractivity contribution in [3.05, 3.63) is 71.4 Å². The van der Waals surface area contributed by atoms with Crippen LogP contribution in [0.3, 0.4) is 0 Å². The van der Waals surface area contributed by atoms with Gasteiger partial charge in [0, 0.05) is 30.0 Å². The molecule has 0 aromatic heterocycles. The van der Waals surface area contributed by atoms with Gasteiger partial charge in [-0.3, -0.25) is 9.59 Å². The van der Waals surface area contributed by atoms with Crippen molar-refractivity contribution in [3.63, 3.8) is 0 Å². The molecule has 0 fully saturated rings. The average molecular weight is 361 g/mol. The minimum absolute atomic E-state index is 0.0290. The SMILES string of the molecule is CC1(C)CC(=O)C2=C(C1)NC(=O)CC2c1cccc(Oc2ccccc2)c1. The van der Waals surface area contributed by atoms with Gasteiger partial charge < -0.3 is 10.1 Å². The van der Waals surface area contributed by atoms with E-state index in [0.717, 1.165) is 29.0 Å². The minimum Gasteiger partial charge on any atom is -0.457 e. The Kier molecular flexibility index (Phi) is 4.34. The molecule has 0 saturated heterocycles. The molecule has 0 radical (unpaired) electrons. The first-order valence-electron chi connectivity index (χ1n) is 9.30. The highest BCUT2D eigenvalue weighted by Crippen LogP contribution is 2.44. The maximum atomic E-state index is 12.9. The molecular weight excluding hydrogens is 338 g/mol. The largest absolute Gasteiger partial charge is 0.457 e. The van der Waals surface area contributed by atoms with E-state index in [2.05, 4.69) is 19.2 Å². The number of ketones is 1. The zero-order valence-electron chi connectivity index (χ0n) is 15.6. The molecule has 1 unspecified atom stereocenters. The summed E-state index contributed by atoms with van der Waals surface area (Å²) in [5, 5.41) is 2.95. The summed E-state index contributed by atoms with van der Waals surface area (Å²) < 4.78 is 5.93. The Balaban J connectivity index is 1.69. The third kappa shape index (κ3) is 3.65. The number of para-hydroxylation sites is 1. The van der Waals surface area contributed by atoms with Crippen LogP contribution in [-0.4, -0.2) is 11.7 Å². The molecule has 0 spiro atoms. The molecule has 0 bridgehead atoms. The summed E-state index contributed by atoms with van der Waals surface area (Å²) >= 11 is 0. The Morgan fingerprint density at radius 1 is 0.963 bits per heavy atom. The molecule has 4 rings (SSSR count). The first-order valence-corrected chi connectivity index (χ1v) is 9.30. The molecule has 4 nitrogen and oxygen atoms in total. The fourth-order valence-electron chi connectivity index (χ4n) is 4.06. The molecule has 138 valence electrons. The molecule has 1 atom stereocenters. The Morgan fingerprint density at radius 2 is 1.70 bits per heavy atom. The standard InChI is InChI=1S/C23H23NO3/c1-23(2)13-19-22(20(25)14-23)18(12-21(26)24-19)15-7-6-10-17(11-15)27-16-8-4-3-5-9-16/h3-11,18H,12-14H2,1-2H3,(H,24,26). The number of carbonyl (C=O) groups excluding carboxylic acids is 2. The van der Waals surface area contributed by atoms with Gasteiger partial charge in [-0.05, 0) is 41.7 Å². The van der Waals surface area contributed by atoms with E-state index in [1.54, 1.807) is 0 Å². The first-order chi connectivity index (χ1) is 12.9. The number of benzene rings is 2. The molecule has 4 heteroatoms. The molecular formula is C23H23NO3. The molecule has 2 aromatic carbocycles. The van der Waals surface area contributed by atoms with E-state index < -0.39 is 0 Å². The number of nitrogens with one attached hydrogen (secondary N) is 1. The van der Waals surface area contributed by atoms with Gasteiger partial charge in [0.15, 0.2) is 5.78 Å². The van der Waals surface area contributed by atoms with Crippen molar-refractivity contribution in [2.75, 3.05) is 0 Å². The number of allylic oxidation sites excluding steroid dienone is 2. The van der Waals surface area contributed by atoms with Gasteiger partial charge in [-0.1, -0.05) is 44.2 Å². The summed E-state index contributed by atoms with van der Waals surface area (Å²) in [7, 11) is 0. The van der Waals surface area contributed by atoms with Crippen LogP contribution in [0.15, 0.2) is 65.9 Å². The van der Waals surface area contributed by atoms with Crippen LogP contribution in [0.1, 0.15) is 44.6 Å². The van der Waals surface area contributed by atoms with Gasteiger partial charge in [0.2, 0.25) is 5.91 Å². The van der Waals surface area contributed by atoms with Crippen molar-refractivity contribution in [1.29, 1.82) is 0 Å². The summed E-state index contributed by atoms with van der Waals surface area (Å²) in [6.07, 6.45) is 1.52.